The van der Waals surface area contributed by atoms with E-state index >= 15 is 0 Å². The summed E-state index contributed by atoms with van der Waals surface area (Å²) in [5, 5.41) is 4.70. The van der Waals surface area contributed by atoms with E-state index in [2.05, 4.69) is 10.3 Å². The Morgan fingerprint density at radius 2 is 2.00 bits per heavy atom. The third-order valence-electron chi connectivity index (χ3n) is 4.05. The predicted molar refractivity (Wildman–Crippen MR) is 98.9 cm³/mol. The lowest BCUT2D eigenvalue weighted by atomic mass is 10.1. The second-order valence-corrected chi connectivity index (χ2v) is 6.77. The number of aromatic amines is 1. The number of thiophene rings is 1. The van der Waals surface area contributed by atoms with Crippen LogP contribution < -0.4 is 16.6 Å². The minimum atomic E-state index is -0.436. The lowest BCUT2D eigenvalue weighted by Crippen LogP contribution is -2.35. The number of nitrogens with one attached hydrogen (secondary N) is 2. The minimum absolute atomic E-state index is 0.0812. The highest BCUT2D eigenvalue weighted by molar-refractivity contribution is 7.17. The highest BCUT2D eigenvalue weighted by atomic mass is 32.1. The van der Waals surface area contributed by atoms with Gasteiger partial charge in [-0.2, -0.15) is 0 Å². The first-order valence-corrected chi connectivity index (χ1v) is 8.99. The molecular formula is C18H19N3O3S. The molecule has 0 saturated carbocycles. The lowest BCUT2D eigenvalue weighted by Gasteiger charge is -2.14. The average molecular weight is 357 g/mol. The van der Waals surface area contributed by atoms with Crippen LogP contribution in [0.5, 0.6) is 0 Å². The Kier molecular flexibility index (Phi) is 5.14. The summed E-state index contributed by atoms with van der Waals surface area (Å²) >= 11 is 1.30. The van der Waals surface area contributed by atoms with Gasteiger partial charge in [-0.05, 0) is 30.4 Å². The van der Waals surface area contributed by atoms with Gasteiger partial charge in [0.2, 0.25) is 5.91 Å². The van der Waals surface area contributed by atoms with Crippen molar-refractivity contribution in [2.24, 2.45) is 0 Å². The van der Waals surface area contributed by atoms with E-state index in [1.54, 1.807) is 11.4 Å². The van der Waals surface area contributed by atoms with Gasteiger partial charge in [0.25, 0.3) is 5.56 Å². The quantitative estimate of drug-likeness (QED) is 0.710. The van der Waals surface area contributed by atoms with Crippen LogP contribution in [0.3, 0.4) is 0 Å². The summed E-state index contributed by atoms with van der Waals surface area (Å²) in [5.41, 5.74) is 0.859. The number of amides is 1. The van der Waals surface area contributed by atoms with Crippen LogP contribution in [0, 0.1) is 0 Å². The zero-order valence-electron chi connectivity index (χ0n) is 13.8. The molecule has 1 atom stereocenters. The number of nitrogens with zero attached hydrogens (tertiary/aromatic N) is 1. The Hall–Kier alpha value is -2.67. The second kappa shape index (κ2) is 7.48. The van der Waals surface area contributed by atoms with Crippen molar-refractivity contribution in [1.29, 1.82) is 0 Å². The van der Waals surface area contributed by atoms with Gasteiger partial charge in [-0.15, -0.1) is 11.3 Å². The molecule has 25 heavy (non-hydrogen) atoms. The number of benzene rings is 1. The molecule has 0 aliphatic carbocycles. The molecule has 0 unspecified atom stereocenters. The van der Waals surface area contributed by atoms with Gasteiger partial charge in [0.1, 0.15) is 4.70 Å². The van der Waals surface area contributed by atoms with Gasteiger partial charge in [-0.25, -0.2) is 4.79 Å². The van der Waals surface area contributed by atoms with Crippen molar-refractivity contribution in [2.75, 3.05) is 0 Å². The van der Waals surface area contributed by atoms with E-state index < -0.39 is 5.69 Å². The van der Waals surface area contributed by atoms with Crippen molar-refractivity contribution in [3.8, 4) is 0 Å². The maximum Gasteiger partial charge on any atom is 0.328 e. The zero-order chi connectivity index (χ0) is 17.8. The van der Waals surface area contributed by atoms with Gasteiger partial charge in [-0.1, -0.05) is 30.3 Å². The highest BCUT2D eigenvalue weighted by Crippen LogP contribution is 2.13. The number of fused-ring (bicyclic) bond motifs is 1. The van der Waals surface area contributed by atoms with Crippen LogP contribution in [-0.4, -0.2) is 15.5 Å². The normalized spacial score (nSPS) is 12.2. The van der Waals surface area contributed by atoms with Gasteiger partial charge in [0.15, 0.2) is 0 Å². The standard InChI is InChI=1S/C18H19N3O3S/c1-12(13-6-3-2-4-7-13)19-15(22)8-5-10-21-17(23)16-14(9-11-25-16)20-18(21)24/h2-4,6-7,9,11-12H,5,8,10H2,1H3,(H,19,22)(H,20,24)/t12-/m1/s1. The van der Waals surface area contributed by atoms with Crippen molar-refractivity contribution in [2.45, 2.75) is 32.4 Å². The Labute approximate surface area is 148 Å². The fourth-order valence-electron chi connectivity index (χ4n) is 2.71. The van der Waals surface area contributed by atoms with Crippen LogP contribution in [0.1, 0.15) is 31.4 Å². The molecule has 0 fully saturated rings. The van der Waals surface area contributed by atoms with E-state index in [1.165, 1.54) is 11.3 Å². The molecule has 2 heterocycles. The molecular weight excluding hydrogens is 338 g/mol. The van der Waals surface area contributed by atoms with Gasteiger partial charge >= 0.3 is 5.69 Å². The van der Waals surface area contributed by atoms with E-state index in [0.29, 0.717) is 16.6 Å². The maximum absolute atomic E-state index is 12.3. The molecule has 3 aromatic rings. The molecule has 1 amide bonds. The smallest absolute Gasteiger partial charge is 0.328 e. The van der Waals surface area contributed by atoms with Crippen molar-refractivity contribution in [1.82, 2.24) is 14.9 Å². The van der Waals surface area contributed by atoms with E-state index in [1.807, 2.05) is 37.3 Å². The van der Waals surface area contributed by atoms with Crippen molar-refractivity contribution in [3.05, 3.63) is 68.2 Å². The summed E-state index contributed by atoms with van der Waals surface area (Å²) < 4.78 is 1.69. The van der Waals surface area contributed by atoms with Crippen LogP contribution in [-0.2, 0) is 11.3 Å². The third-order valence-corrected chi connectivity index (χ3v) is 4.96. The topological polar surface area (TPSA) is 84.0 Å². The predicted octanol–water partition coefficient (Wildman–Crippen LogP) is 2.41. The second-order valence-electron chi connectivity index (χ2n) is 5.85. The number of hydrogen-bond acceptors (Lipinski definition) is 4. The van der Waals surface area contributed by atoms with Crippen LogP contribution in [0.15, 0.2) is 51.4 Å². The highest BCUT2D eigenvalue weighted by Gasteiger charge is 2.11. The van der Waals surface area contributed by atoms with Gasteiger partial charge in [0.05, 0.1) is 11.6 Å². The number of H-pyrrole nitrogens is 1. The number of hydrogen-bond donors (Lipinski definition) is 2. The summed E-state index contributed by atoms with van der Waals surface area (Å²) in [6.45, 7) is 2.14. The lowest BCUT2D eigenvalue weighted by molar-refractivity contribution is -0.121. The molecule has 6 nitrogen and oxygen atoms in total. The maximum atomic E-state index is 12.3. The van der Waals surface area contributed by atoms with E-state index in [9.17, 15) is 14.4 Å². The van der Waals surface area contributed by atoms with Gasteiger partial charge < -0.3 is 10.3 Å². The largest absolute Gasteiger partial charge is 0.350 e. The minimum Gasteiger partial charge on any atom is -0.350 e. The Morgan fingerprint density at radius 3 is 2.76 bits per heavy atom. The van der Waals surface area contributed by atoms with Gasteiger partial charge in [0, 0.05) is 13.0 Å². The van der Waals surface area contributed by atoms with Gasteiger partial charge in [-0.3, -0.25) is 14.2 Å². The monoisotopic (exact) mass is 357 g/mol. The molecule has 0 aliphatic heterocycles. The molecule has 0 spiro atoms. The number of rotatable bonds is 6. The SMILES string of the molecule is C[C@@H](NC(=O)CCCn1c(=O)[nH]c2ccsc2c1=O)c1ccccc1. The van der Waals surface area contributed by atoms with Crippen LogP contribution in [0.2, 0.25) is 0 Å². The summed E-state index contributed by atoms with van der Waals surface area (Å²) in [6, 6.07) is 11.3. The van der Waals surface area contributed by atoms with Crippen LogP contribution in [0.4, 0.5) is 0 Å². The number of carbonyl (C=O) groups excluding carboxylic acids is 1. The molecule has 2 N–H and O–H groups in total. The Balaban J connectivity index is 1.59. The fourth-order valence-corrected chi connectivity index (χ4v) is 3.51. The first-order chi connectivity index (χ1) is 12.1. The average Bonchev–Trinajstić information content (AvgIpc) is 3.07. The first kappa shape index (κ1) is 17.2. The van der Waals surface area contributed by atoms with Crippen molar-refractivity contribution in [3.63, 3.8) is 0 Å². The van der Waals surface area contributed by atoms with Crippen molar-refractivity contribution < 1.29 is 4.79 Å². The molecule has 0 radical (unpaired) electrons. The summed E-state index contributed by atoms with van der Waals surface area (Å²) in [4.78, 5) is 39.1. The number of aromatic nitrogens is 2. The summed E-state index contributed by atoms with van der Waals surface area (Å²) in [6.07, 6.45) is 0.679. The molecule has 0 bridgehead atoms. The molecule has 0 aliphatic rings. The van der Waals surface area contributed by atoms with E-state index in [-0.39, 0.29) is 30.5 Å². The molecule has 2 aromatic heterocycles. The van der Waals surface area contributed by atoms with Crippen LogP contribution >= 0.6 is 11.3 Å². The Morgan fingerprint density at radius 1 is 1.24 bits per heavy atom. The molecule has 7 heteroatoms. The Bertz CT molecular complexity index is 988. The summed E-state index contributed by atoms with van der Waals surface area (Å²) in [7, 11) is 0. The molecule has 3 rings (SSSR count). The van der Waals surface area contributed by atoms with Crippen LogP contribution in [0.25, 0.3) is 10.2 Å². The fraction of sp³-hybridized carbons (Fsp3) is 0.278. The summed E-state index contributed by atoms with van der Waals surface area (Å²) in [5.74, 6) is -0.0990. The van der Waals surface area contributed by atoms with E-state index in [4.69, 9.17) is 0 Å². The zero-order valence-corrected chi connectivity index (χ0v) is 14.6. The molecule has 0 saturated heterocycles. The first-order valence-electron chi connectivity index (χ1n) is 8.11. The number of carbonyl (C=O) groups is 1. The van der Waals surface area contributed by atoms with Crippen molar-refractivity contribution >= 4 is 27.5 Å². The molecule has 130 valence electrons. The molecule has 1 aromatic carbocycles. The third kappa shape index (κ3) is 3.88. The van der Waals surface area contributed by atoms with E-state index in [0.717, 1.165) is 10.1 Å².